The molecule has 0 amide bonds. The molecule has 1 aliphatic heterocycles. The van der Waals surface area contributed by atoms with Crippen molar-refractivity contribution in [3.8, 4) is 0 Å². The molecule has 0 saturated carbocycles. The molecule has 0 aliphatic carbocycles. The molecule has 3 heteroatoms. The van der Waals surface area contributed by atoms with Gasteiger partial charge in [-0.15, -0.1) is 0 Å². The Bertz CT molecular complexity index is 1180. The van der Waals surface area contributed by atoms with E-state index in [1.165, 1.54) is 60.8 Å². The van der Waals surface area contributed by atoms with Crippen molar-refractivity contribution >= 4 is 11.4 Å². The summed E-state index contributed by atoms with van der Waals surface area (Å²) in [5.41, 5.74) is 21.6. The third kappa shape index (κ3) is 11.3. The SMILES string of the molecule is C=C[CH2][Ni][CH2]C=C.CCCCCC1=C(c2cccc(CCCC)c2)[N+](=[N-])C(c2cccc(CCCC)c2)=C1CCCC. The van der Waals surface area contributed by atoms with Crippen molar-refractivity contribution in [2.75, 3.05) is 0 Å². The third-order valence-electron chi connectivity index (χ3n) is 7.57. The summed E-state index contributed by atoms with van der Waals surface area (Å²) in [5.74, 6) is 0. The Morgan fingerprint density at radius 1 is 0.619 bits per heavy atom. The van der Waals surface area contributed by atoms with Gasteiger partial charge < -0.3 is 5.53 Å². The predicted octanol–water partition coefficient (Wildman–Crippen LogP) is 12.6. The Kier molecular flexibility index (Phi) is 18.0. The Labute approximate surface area is 264 Å². The number of hydrogen-bond acceptors (Lipinski definition) is 0. The molecule has 0 unspecified atom stereocenters. The second-order valence-electron chi connectivity index (χ2n) is 11.1. The van der Waals surface area contributed by atoms with Crippen LogP contribution in [0.5, 0.6) is 0 Å². The Morgan fingerprint density at radius 2 is 1.05 bits per heavy atom. The van der Waals surface area contributed by atoms with Gasteiger partial charge in [0, 0.05) is 22.3 Å². The summed E-state index contributed by atoms with van der Waals surface area (Å²) in [6, 6.07) is 17.8. The van der Waals surface area contributed by atoms with Crippen molar-refractivity contribution in [2.45, 2.75) is 122 Å². The monoisotopic (exact) mass is 610 g/mol. The van der Waals surface area contributed by atoms with Crippen LogP contribution in [0.3, 0.4) is 0 Å². The van der Waals surface area contributed by atoms with Crippen molar-refractivity contribution in [2.24, 2.45) is 0 Å². The second kappa shape index (κ2) is 21.2. The quantitative estimate of drug-likeness (QED) is 0.0654. The molecule has 0 fully saturated rings. The molecule has 0 N–H and O–H groups in total. The third-order valence-corrected chi connectivity index (χ3v) is 8.71. The zero-order chi connectivity index (χ0) is 30.6. The number of rotatable bonds is 19. The Hall–Kier alpha value is -2.51. The van der Waals surface area contributed by atoms with Crippen molar-refractivity contribution in [1.29, 1.82) is 0 Å². The van der Waals surface area contributed by atoms with Crippen LogP contribution in [0.2, 0.25) is 10.8 Å². The number of nitrogens with zero attached hydrogens (tertiary/aromatic N) is 2. The van der Waals surface area contributed by atoms with E-state index in [1.807, 2.05) is 12.2 Å². The summed E-state index contributed by atoms with van der Waals surface area (Å²) in [6.45, 7) is 16.2. The van der Waals surface area contributed by atoms with Gasteiger partial charge in [0.2, 0.25) is 11.4 Å². The maximum Gasteiger partial charge on any atom is 0.211 e. The normalized spacial score (nSPS) is 13.0. The minimum atomic E-state index is 1.01. The zero-order valence-electron chi connectivity index (χ0n) is 27.0. The molecule has 2 aromatic carbocycles. The second-order valence-corrected chi connectivity index (χ2v) is 12.4. The van der Waals surface area contributed by atoms with Gasteiger partial charge in [0.05, 0.1) is 0 Å². The summed E-state index contributed by atoms with van der Waals surface area (Å²) < 4.78 is 1.55. The molecule has 0 atom stereocenters. The van der Waals surface area contributed by atoms with Crippen LogP contribution >= 0.6 is 0 Å². The molecule has 42 heavy (non-hydrogen) atoms. The van der Waals surface area contributed by atoms with E-state index in [-0.39, 0.29) is 0 Å². The van der Waals surface area contributed by atoms with Crippen LogP contribution in [0.15, 0.2) is 85.0 Å². The first-order valence-electron chi connectivity index (χ1n) is 16.4. The van der Waals surface area contributed by atoms with Crippen LogP contribution in [0.25, 0.3) is 16.9 Å². The van der Waals surface area contributed by atoms with Crippen LogP contribution in [-0.2, 0) is 27.3 Å². The molecule has 0 bridgehead atoms. The molecule has 0 spiro atoms. The zero-order valence-corrected chi connectivity index (χ0v) is 28.0. The molecule has 3 rings (SSSR count). The van der Waals surface area contributed by atoms with Gasteiger partial charge in [-0.2, -0.15) is 0 Å². The minimum absolute atomic E-state index is 1.01. The number of unbranched alkanes of at least 4 members (excludes halogenated alkanes) is 5. The van der Waals surface area contributed by atoms with Crippen LogP contribution < -0.4 is 0 Å². The molecule has 1 aliphatic rings. The average Bonchev–Trinajstić information content (AvgIpc) is 3.29. The van der Waals surface area contributed by atoms with Crippen LogP contribution in [0.1, 0.15) is 121 Å². The van der Waals surface area contributed by atoms with Gasteiger partial charge in [-0.3, -0.25) is 0 Å². The van der Waals surface area contributed by atoms with E-state index in [1.54, 1.807) is 19.1 Å². The van der Waals surface area contributed by atoms with Crippen molar-refractivity contribution in [3.05, 3.63) is 113 Å². The van der Waals surface area contributed by atoms with E-state index in [0.717, 1.165) is 78.2 Å². The Balaban J connectivity index is 0.000000782. The van der Waals surface area contributed by atoms with Crippen LogP contribution in [-0.4, -0.2) is 4.70 Å². The van der Waals surface area contributed by atoms with Gasteiger partial charge in [-0.25, -0.2) is 4.70 Å². The fraction of sp³-hybridized carbons (Fsp3) is 0.487. The predicted molar refractivity (Wildman–Crippen MR) is 181 cm³/mol. The van der Waals surface area contributed by atoms with Crippen LogP contribution in [0, 0.1) is 0 Å². The van der Waals surface area contributed by atoms with Gasteiger partial charge in [-0.1, -0.05) is 84.1 Å². The van der Waals surface area contributed by atoms with Crippen molar-refractivity contribution in [3.63, 3.8) is 0 Å². The standard InChI is InChI=1S/C33H46N2.2C3H5.Ni/c1-5-9-13-23-31-30(22-12-8-4)32(28-20-14-18-26(24-28)16-10-6-2)35(34)33(31)29-21-15-19-27(25-29)17-11-7-3;2*1-3-2;/h14-15,18-21,24-25H,5-13,16-17,22-23H2,1-4H3;2*3H,1-2H2;. The van der Waals surface area contributed by atoms with Gasteiger partial charge in [0.1, 0.15) is 0 Å². The van der Waals surface area contributed by atoms with E-state index < -0.39 is 0 Å². The molecular formula is C39H56N2Ni. The fourth-order valence-electron chi connectivity index (χ4n) is 5.38. The van der Waals surface area contributed by atoms with E-state index >= 15 is 0 Å². The maximum atomic E-state index is 11.8. The molecule has 2 aromatic rings. The first-order chi connectivity index (χ1) is 20.6. The number of benzene rings is 2. The molecule has 232 valence electrons. The molecule has 0 saturated heterocycles. The summed E-state index contributed by atoms with van der Waals surface area (Å²) in [7, 11) is 0. The van der Waals surface area contributed by atoms with E-state index in [9.17, 15) is 5.53 Å². The first kappa shape index (κ1) is 35.7. The van der Waals surface area contributed by atoms with E-state index in [4.69, 9.17) is 0 Å². The molecule has 0 radical (unpaired) electrons. The molecule has 1 heterocycles. The number of hydrogen-bond donors (Lipinski definition) is 0. The topological polar surface area (TPSA) is 25.3 Å². The van der Waals surface area contributed by atoms with E-state index in [2.05, 4.69) is 89.4 Å². The summed E-state index contributed by atoms with van der Waals surface area (Å²) in [4.78, 5) is 0. The summed E-state index contributed by atoms with van der Waals surface area (Å²) >= 11 is 1.66. The molecule has 0 aromatic heterocycles. The summed E-state index contributed by atoms with van der Waals surface area (Å²) in [6.07, 6.45) is 18.7. The van der Waals surface area contributed by atoms with Gasteiger partial charge in [0.25, 0.3) is 0 Å². The van der Waals surface area contributed by atoms with E-state index in [0.29, 0.717) is 0 Å². The van der Waals surface area contributed by atoms with Crippen molar-refractivity contribution < 1.29 is 19.1 Å². The molecular weight excluding hydrogens is 555 g/mol. The maximum absolute atomic E-state index is 11.8. The number of allylic oxidation sites excluding steroid dienone is 4. The first-order valence-corrected chi connectivity index (χ1v) is 17.8. The average molecular weight is 612 g/mol. The Morgan fingerprint density at radius 3 is 1.48 bits per heavy atom. The van der Waals surface area contributed by atoms with Crippen molar-refractivity contribution in [1.82, 2.24) is 0 Å². The largest absolute Gasteiger partial charge is 0.493 e. The fourth-order valence-corrected chi connectivity index (χ4v) is 5.95. The van der Waals surface area contributed by atoms with Gasteiger partial charge in [-0.05, 0) is 86.8 Å². The van der Waals surface area contributed by atoms with Gasteiger partial charge in [0.15, 0.2) is 0 Å². The van der Waals surface area contributed by atoms with Crippen LogP contribution in [0.4, 0.5) is 0 Å². The minimum Gasteiger partial charge on any atom is -0.493 e. The molecule has 2 nitrogen and oxygen atoms in total. The number of aryl methyl sites for hydroxylation is 2. The van der Waals surface area contributed by atoms with Gasteiger partial charge >= 0.3 is 50.5 Å². The summed E-state index contributed by atoms with van der Waals surface area (Å²) in [5, 5.41) is 2.11. The smallest absolute Gasteiger partial charge is 0.211 e.